The standard InChI is InChI=1S/C8H17NO.ClH/c1-8(10-2)4-3-6-9-7-5-8;/h9H,3-7H2,1-2H3;1H. The Morgan fingerprint density at radius 3 is 2.64 bits per heavy atom. The maximum absolute atomic E-state index is 5.42. The second-order valence-electron chi connectivity index (χ2n) is 3.26. The van der Waals surface area contributed by atoms with E-state index in [9.17, 15) is 0 Å². The van der Waals surface area contributed by atoms with Gasteiger partial charge in [-0.2, -0.15) is 0 Å². The largest absolute Gasteiger partial charge is 0.378 e. The van der Waals surface area contributed by atoms with E-state index in [1.165, 1.54) is 12.8 Å². The summed E-state index contributed by atoms with van der Waals surface area (Å²) in [5, 5.41) is 3.36. The van der Waals surface area contributed by atoms with Crippen LogP contribution >= 0.6 is 12.4 Å². The number of nitrogens with one attached hydrogen (secondary N) is 1. The SMILES string of the molecule is COC1(C)CCCNCC1.Cl. The molecule has 0 aliphatic carbocycles. The van der Waals surface area contributed by atoms with Crippen molar-refractivity contribution in [3.8, 4) is 0 Å². The molecular weight excluding hydrogens is 162 g/mol. The van der Waals surface area contributed by atoms with Crippen LogP contribution in [0.1, 0.15) is 26.2 Å². The lowest BCUT2D eigenvalue weighted by atomic mass is 9.97. The fraction of sp³-hybridized carbons (Fsp3) is 1.00. The Morgan fingerprint density at radius 2 is 2.00 bits per heavy atom. The molecule has 0 saturated carbocycles. The quantitative estimate of drug-likeness (QED) is 0.660. The summed E-state index contributed by atoms with van der Waals surface area (Å²) < 4.78 is 5.42. The van der Waals surface area contributed by atoms with Crippen molar-refractivity contribution >= 4 is 12.4 Å². The van der Waals surface area contributed by atoms with Crippen molar-refractivity contribution in [2.24, 2.45) is 0 Å². The van der Waals surface area contributed by atoms with Crippen molar-refractivity contribution in [2.75, 3.05) is 20.2 Å². The van der Waals surface area contributed by atoms with Crippen LogP contribution in [0.15, 0.2) is 0 Å². The first-order chi connectivity index (χ1) is 4.77. The van der Waals surface area contributed by atoms with Crippen LogP contribution in [-0.4, -0.2) is 25.8 Å². The summed E-state index contributed by atoms with van der Waals surface area (Å²) in [6.45, 7) is 4.45. The first-order valence-electron chi connectivity index (χ1n) is 4.03. The van der Waals surface area contributed by atoms with Gasteiger partial charge in [0.2, 0.25) is 0 Å². The molecule has 0 radical (unpaired) electrons. The Labute approximate surface area is 75.1 Å². The molecule has 0 bridgehead atoms. The van der Waals surface area contributed by atoms with Crippen LogP contribution < -0.4 is 5.32 Å². The lowest BCUT2D eigenvalue weighted by Crippen LogP contribution is -2.28. The summed E-state index contributed by atoms with van der Waals surface area (Å²) in [5.74, 6) is 0. The topological polar surface area (TPSA) is 21.3 Å². The summed E-state index contributed by atoms with van der Waals surface area (Å²) in [6, 6.07) is 0. The van der Waals surface area contributed by atoms with E-state index < -0.39 is 0 Å². The Kier molecular flexibility index (Phi) is 5.06. The third-order valence-electron chi connectivity index (χ3n) is 2.38. The fourth-order valence-corrected chi connectivity index (χ4v) is 1.39. The Balaban J connectivity index is 0.000001000. The Morgan fingerprint density at radius 1 is 1.27 bits per heavy atom. The van der Waals surface area contributed by atoms with E-state index in [2.05, 4.69) is 12.2 Å². The average Bonchev–Trinajstić information content (AvgIpc) is 2.15. The summed E-state index contributed by atoms with van der Waals surface area (Å²) in [5.41, 5.74) is 0.142. The Bertz CT molecular complexity index is 100. The highest BCUT2D eigenvalue weighted by Gasteiger charge is 2.23. The molecule has 1 heterocycles. The predicted octanol–water partition coefficient (Wildman–Crippen LogP) is 1.59. The average molecular weight is 180 g/mol. The molecule has 1 fully saturated rings. The predicted molar refractivity (Wildman–Crippen MR) is 49.4 cm³/mol. The molecule has 11 heavy (non-hydrogen) atoms. The first kappa shape index (κ1) is 11.2. The maximum Gasteiger partial charge on any atom is 0.0663 e. The molecule has 0 amide bonds. The van der Waals surface area contributed by atoms with E-state index in [-0.39, 0.29) is 18.0 Å². The molecule has 0 aromatic heterocycles. The molecule has 0 aromatic carbocycles. The van der Waals surface area contributed by atoms with E-state index in [1.807, 2.05) is 7.11 Å². The molecule has 3 heteroatoms. The highest BCUT2D eigenvalue weighted by molar-refractivity contribution is 5.85. The van der Waals surface area contributed by atoms with Crippen molar-refractivity contribution in [2.45, 2.75) is 31.8 Å². The molecule has 0 aromatic rings. The van der Waals surface area contributed by atoms with Gasteiger partial charge in [0.05, 0.1) is 5.60 Å². The lowest BCUT2D eigenvalue weighted by Gasteiger charge is -2.25. The van der Waals surface area contributed by atoms with E-state index in [1.54, 1.807) is 0 Å². The molecule has 1 atom stereocenters. The van der Waals surface area contributed by atoms with Crippen molar-refractivity contribution in [1.29, 1.82) is 0 Å². The molecule has 1 aliphatic rings. The highest BCUT2D eigenvalue weighted by atomic mass is 35.5. The van der Waals surface area contributed by atoms with Crippen LogP contribution in [0.25, 0.3) is 0 Å². The molecule has 1 rings (SSSR count). The van der Waals surface area contributed by atoms with Crippen LogP contribution in [0.2, 0.25) is 0 Å². The number of methoxy groups -OCH3 is 1. The number of halogens is 1. The third-order valence-corrected chi connectivity index (χ3v) is 2.38. The Hall–Kier alpha value is 0.210. The zero-order valence-corrected chi connectivity index (χ0v) is 8.17. The van der Waals surface area contributed by atoms with Crippen LogP contribution in [0.4, 0.5) is 0 Å². The van der Waals surface area contributed by atoms with Gasteiger partial charge in [-0.1, -0.05) is 0 Å². The van der Waals surface area contributed by atoms with E-state index in [0.29, 0.717) is 0 Å². The van der Waals surface area contributed by atoms with Gasteiger partial charge in [0.1, 0.15) is 0 Å². The number of ether oxygens (including phenoxy) is 1. The van der Waals surface area contributed by atoms with Gasteiger partial charge in [0, 0.05) is 7.11 Å². The molecule has 68 valence electrons. The van der Waals surface area contributed by atoms with Crippen LogP contribution in [0.5, 0.6) is 0 Å². The molecule has 1 N–H and O–H groups in total. The minimum atomic E-state index is 0. The summed E-state index contributed by atoms with van der Waals surface area (Å²) in [6.07, 6.45) is 3.57. The third kappa shape index (κ3) is 3.41. The van der Waals surface area contributed by atoms with Crippen LogP contribution in [-0.2, 0) is 4.74 Å². The van der Waals surface area contributed by atoms with Gasteiger partial charge in [-0.05, 0) is 39.3 Å². The van der Waals surface area contributed by atoms with Crippen LogP contribution in [0, 0.1) is 0 Å². The fourth-order valence-electron chi connectivity index (χ4n) is 1.39. The van der Waals surface area contributed by atoms with Gasteiger partial charge in [0.25, 0.3) is 0 Å². The zero-order chi connectivity index (χ0) is 7.45. The van der Waals surface area contributed by atoms with Gasteiger partial charge < -0.3 is 10.1 Å². The molecule has 2 nitrogen and oxygen atoms in total. The van der Waals surface area contributed by atoms with Crippen molar-refractivity contribution in [3.63, 3.8) is 0 Å². The second-order valence-corrected chi connectivity index (χ2v) is 3.26. The van der Waals surface area contributed by atoms with E-state index in [4.69, 9.17) is 4.74 Å². The number of rotatable bonds is 1. The van der Waals surface area contributed by atoms with Gasteiger partial charge in [0.15, 0.2) is 0 Å². The molecular formula is C8H18ClNO. The maximum atomic E-state index is 5.42. The number of hydrogen-bond donors (Lipinski definition) is 1. The molecule has 1 unspecified atom stereocenters. The van der Waals surface area contributed by atoms with Gasteiger partial charge in [-0.3, -0.25) is 0 Å². The van der Waals surface area contributed by atoms with Crippen molar-refractivity contribution in [1.82, 2.24) is 5.32 Å². The molecule has 0 spiro atoms. The highest BCUT2D eigenvalue weighted by Crippen LogP contribution is 2.21. The monoisotopic (exact) mass is 179 g/mol. The van der Waals surface area contributed by atoms with Crippen LogP contribution in [0.3, 0.4) is 0 Å². The summed E-state index contributed by atoms with van der Waals surface area (Å²) in [4.78, 5) is 0. The van der Waals surface area contributed by atoms with Crippen molar-refractivity contribution in [3.05, 3.63) is 0 Å². The zero-order valence-electron chi connectivity index (χ0n) is 7.35. The second kappa shape index (κ2) is 4.96. The van der Waals surface area contributed by atoms with E-state index in [0.717, 1.165) is 19.5 Å². The summed E-state index contributed by atoms with van der Waals surface area (Å²) in [7, 11) is 1.81. The van der Waals surface area contributed by atoms with Gasteiger partial charge >= 0.3 is 0 Å². The lowest BCUT2D eigenvalue weighted by molar-refractivity contribution is -0.00361. The molecule has 1 aliphatic heterocycles. The summed E-state index contributed by atoms with van der Waals surface area (Å²) >= 11 is 0. The normalized spacial score (nSPS) is 32.2. The minimum absolute atomic E-state index is 0. The van der Waals surface area contributed by atoms with E-state index >= 15 is 0 Å². The first-order valence-corrected chi connectivity index (χ1v) is 4.03. The minimum Gasteiger partial charge on any atom is -0.378 e. The molecule has 1 saturated heterocycles. The van der Waals surface area contributed by atoms with Gasteiger partial charge in [-0.25, -0.2) is 0 Å². The van der Waals surface area contributed by atoms with Crippen molar-refractivity contribution < 1.29 is 4.74 Å². The number of hydrogen-bond acceptors (Lipinski definition) is 2. The smallest absolute Gasteiger partial charge is 0.0663 e. The van der Waals surface area contributed by atoms with Gasteiger partial charge in [-0.15, -0.1) is 12.4 Å².